The summed E-state index contributed by atoms with van der Waals surface area (Å²) in [6, 6.07) is 13.1. The van der Waals surface area contributed by atoms with Crippen molar-refractivity contribution in [2.45, 2.75) is 6.61 Å². The second-order valence-corrected chi connectivity index (χ2v) is 4.46. The first-order chi connectivity index (χ1) is 10.5. The molecule has 0 spiro atoms. The quantitative estimate of drug-likeness (QED) is 0.502. The van der Waals surface area contributed by atoms with Crippen LogP contribution in [0.2, 0.25) is 0 Å². The van der Waals surface area contributed by atoms with Gasteiger partial charge in [0.2, 0.25) is 0 Å². The first-order valence-corrected chi connectivity index (χ1v) is 6.42. The minimum Gasteiger partial charge on any atom is -0.489 e. The van der Waals surface area contributed by atoms with E-state index in [1.54, 1.807) is 36.4 Å². The Bertz CT molecular complexity index is 707. The molecule has 0 saturated carbocycles. The van der Waals surface area contributed by atoms with Gasteiger partial charge in [-0.3, -0.25) is 10.1 Å². The molecule has 2 aromatic rings. The fourth-order valence-corrected chi connectivity index (χ4v) is 1.77. The summed E-state index contributed by atoms with van der Waals surface area (Å²) in [5.41, 5.74) is 1.46. The molecule has 22 heavy (non-hydrogen) atoms. The maximum absolute atomic E-state index is 10.7. The predicted octanol–water partition coefficient (Wildman–Crippen LogP) is 3.27. The number of aliphatic carboxylic acids is 1. The van der Waals surface area contributed by atoms with Crippen LogP contribution in [0.4, 0.5) is 5.69 Å². The molecule has 0 aromatic heterocycles. The zero-order valence-electron chi connectivity index (χ0n) is 11.5. The molecule has 0 aliphatic heterocycles. The maximum Gasteiger partial charge on any atom is 0.328 e. The first kappa shape index (κ1) is 15.2. The Morgan fingerprint density at radius 2 is 1.95 bits per heavy atom. The second-order valence-electron chi connectivity index (χ2n) is 4.46. The number of hydrogen-bond donors (Lipinski definition) is 1. The number of rotatable bonds is 6. The molecule has 0 amide bonds. The van der Waals surface area contributed by atoms with E-state index in [1.807, 2.05) is 0 Å². The van der Waals surface area contributed by atoms with Crippen molar-refractivity contribution in [1.82, 2.24) is 0 Å². The molecule has 112 valence electrons. The van der Waals surface area contributed by atoms with Gasteiger partial charge in [0.15, 0.2) is 0 Å². The number of hydrogen-bond acceptors (Lipinski definition) is 4. The van der Waals surface area contributed by atoms with Crippen molar-refractivity contribution in [3.05, 3.63) is 75.8 Å². The van der Waals surface area contributed by atoms with Gasteiger partial charge in [-0.15, -0.1) is 0 Å². The highest BCUT2D eigenvalue weighted by molar-refractivity contribution is 5.85. The lowest BCUT2D eigenvalue weighted by Gasteiger charge is -2.06. The van der Waals surface area contributed by atoms with Crippen LogP contribution < -0.4 is 4.74 Å². The summed E-state index contributed by atoms with van der Waals surface area (Å²) in [4.78, 5) is 20.7. The van der Waals surface area contributed by atoms with Crippen molar-refractivity contribution in [2.75, 3.05) is 0 Å². The number of nitro benzene ring substituents is 1. The monoisotopic (exact) mass is 299 g/mol. The third kappa shape index (κ3) is 4.45. The third-order valence-corrected chi connectivity index (χ3v) is 2.83. The molecule has 0 saturated heterocycles. The minimum absolute atomic E-state index is 0.0234. The van der Waals surface area contributed by atoms with Crippen molar-refractivity contribution in [1.29, 1.82) is 0 Å². The molecular weight excluding hydrogens is 286 g/mol. The maximum atomic E-state index is 10.7. The van der Waals surface area contributed by atoms with E-state index in [2.05, 4.69) is 0 Å². The van der Waals surface area contributed by atoms with E-state index in [1.165, 1.54) is 18.2 Å². The predicted molar refractivity (Wildman–Crippen MR) is 80.5 cm³/mol. The number of benzene rings is 2. The van der Waals surface area contributed by atoms with Gasteiger partial charge in [-0.1, -0.05) is 24.3 Å². The lowest BCUT2D eigenvalue weighted by atomic mass is 10.2. The molecule has 0 aliphatic carbocycles. The number of nitrogens with zero attached hydrogens (tertiary/aromatic N) is 1. The van der Waals surface area contributed by atoms with Crippen LogP contribution in [-0.4, -0.2) is 16.0 Å². The zero-order chi connectivity index (χ0) is 15.9. The molecular formula is C16H13NO5. The van der Waals surface area contributed by atoms with Crippen LogP contribution in [0.1, 0.15) is 11.1 Å². The number of nitro groups is 1. The van der Waals surface area contributed by atoms with Crippen LogP contribution in [0.5, 0.6) is 5.75 Å². The van der Waals surface area contributed by atoms with Crippen LogP contribution >= 0.6 is 0 Å². The highest BCUT2D eigenvalue weighted by atomic mass is 16.6. The Balaban J connectivity index is 1.98. The Morgan fingerprint density at radius 3 is 2.59 bits per heavy atom. The molecule has 0 fully saturated rings. The molecule has 2 rings (SSSR count). The van der Waals surface area contributed by atoms with E-state index in [0.29, 0.717) is 11.3 Å². The summed E-state index contributed by atoms with van der Waals surface area (Å²) >= 11 is 0. The first-order valence-electron chi connectivity index (χ1n) is 6.42. The molecule has 0 heterocycles. The van der Waals surface area contributed by atoms with Gasteiger partial charge in [0.05, 0.1) is 4.92 Å². The lowest BCUT2D eigenvalue weighted by molar-refractivity contribution is -0.384. The fourth-order valence-electron chi connectivity index (χ4n) is 1.77. The van der Waals surface area contributed by atoms with Crippen LogP contribution in [0.3, 0.4) is 0 Å². The molecule has 6 nitrogen and oxygen atoms in total. The topological polar surface area (TPSA) is 89.7 Å². The zero-order valence-corrected chi connectivity index (χ0v) is 11.5. The largest absolute Gasteiger partial charge is 0.489 e. The summed E-state index contributed by atoms with van der Waals surface area (Å²) in [5.74, 6) is -0.412. The number of carboxylic acids is 1. The SMILES string of the molecule is O=C(O)C=Cc1ccc(OCc2cccc([N+](=O)[O-])c2)cc1. The van der Waals surface area contributed by atoms with Gasteiger partial charge < -0.3 is 9.84 Å². The highest BCUT2D eigenvalue weighted by Gasteiger charge is 2.05. The van der Waals surface area contributed by atoms with Crippen LogP contribution in [0, 0.1) is 10.1 Å². The van der Waals surface area contributed by atoms with Gasteiger partial charge >= 0.3 is 5.97 Å². The van der Waals surface area contributed by atoms with E-state index < -0.39 is 10.9 Å². The summed E-state index contributed by atoms with van der Waals surface area (Å²) in [7, 11) is 0. The van der Waals surface area contributed by atoms with Gasteiger partial charge in [0, 0.05) is 18.2 Å². The van der Waals surface area contributed by atoms with Crippen LogP contribution in [0.15, 0.2) is 54.6 Å². The molecule has 0 atom stereocenters. The van der Waals surface area contributed by atoms with Crippen LogP contribution in [0.25, 0.3) is 6.08 Å². The average molecular weight is 299 g/mol. The molecule has 6 heteroatoms. The van der Waals surface area contributed by atoms with E-state index in [9.17, 15) is 14.9 Å². The normalized spacial score (nSPS) is 10.5. The lowest BCUT2D eigenvalue weighted by Crippen LogP contribution is -1.96. The summed E-state index contributed by atoms with van der Waals surface area (Å²) < 4.78 is 5.54. The molecule has 0 aliphatic rings. The van der Waals surface area contributed by atoms with Crippen molar-refractivity contribution < 1.29 is 19.6 Å². The highest BCUT2D eigenvalue weighted by Crippen LogP contribution is 2.17. The Labute approximate surface area is 126 Å². The molecule has 0 radical (unpaired) electrons. The molecule has 0 bridgehead atoms. The minimum atomic E-state index is -1.01. The van der Waals surface area contributed by atoms with Crippen molar-refractivity contribution in [2.24, 2.45) is 0 Å². The number of non-ortho nitro benzene ring substituents is 1. The number of ether oxygens (including phenoxy) is 1. The van der Waals surface area contributed by atoms with Gasteiger partial charge in [-0.25, -0.2) is 4.79 Å². The summed E-state index contributed by atoms with van der Waals surface area (Å²) in [6.07, 6.45) is 2.53. The van der Waals surface area contributed by atoms with Crippen molar-refractivity contribution in [3.8, 4) is 5.75 Å². The number of carboxylic acid groups (broad SMARTS) is 1. The van der Waals surface area contributed by atoms with E-state index in [-0.39, 0.29) is 12.3 Å². The van der Waals surface area contributed by atoms with Crippen molar-refractivity contribution >= 4 is 17.7 Å². The Morgan fingerprint density at radius 1 is 1.23 bits per heavy atom. The fraction of sp³-hybridized carbons (Fsp3) is 0.0625. The summed E-state index contributed by atoms with van der Waals surface area (Å²) in [6.45, 7) is 0.214. The Hall–Kier alpha value is -3.15. The Kier molecular flexibility index (Phi) is 4.87. The second kappa shape index (κ2) is 7.03. The molecule has 0 unspecified atom stereocenters. The van der Waals surface area contributed by atoms with E-state index >= 15 is 0 Å². The summed E-state index contributed by atoms with van der Waals surface area (Å²) in [5, 5.41) is 19.2. The van der Waals surface area contributed by atoms with Gasteiger partial charge in [-0.05, 0) is 29.3 Å². The van der Waals surface area contributed by atoms with Crippen molar-refractivity contribution in [3.63, 3.8) is 0 Å². The smallest absolute Gasteiger partial charge is 0.328 e. The van der Waals surface area contributed by atoms with E-state index in [0.717, 1.165) is 11.6 Å². The average Bonchev–Trinajstić information content (AvgIpc) is 2.52. The van der Waals surface area contributed by atoms with E-state index in [4.69, 9.17) is 9.84 Å². The van der Waals surface area contributed by atoms with Gasteiger partial charge in [-0.2, -0.15) is 0 Å². The van der Waals surface area contributed by atoms with Gasteiger partial charge in [0.1, 0.15) is 12.4 Å². The molecule has 1 N–H and O–H groups in total. The van der Waals surface area contributed by atoms with Crippen LogP contribution in [-0.2, 0) is 11.4 Å². The molecule has 2 aromatic carbocycles. The number of carbonyl (C=O) groups is 1. The standard InChI is InChI=1S/C16H13NO5/c18-16(19)9-6-12-4-7-15(8-5-12)22-11-13-2-1-3-14(10-13)17(20)21/h1-10H,11H2,(H,18,19). The van der Waals surface area contributed by atoms with Gasteiger partial charge in [0.25, 0.3) is 5.69 Å². The third-order valence-electron chi connectivity index (χ3n) is 2.83.